The molecule has 1 aliphatic rings. The molecule has 6 nitrogen and oxygen atoms in total. The van der Waals surface area contributed by atoms with Gasteiger partial charge in [0.15, 0.2) is 0 Å². The lowest BCUT2D eigenvalue weighted by molar-refractivity contribution is 0.0719. The van der Waals surface area contributed by atoms with Crippen LogP contribution in [0.4, 0.5) is 8.78 Å². The highest BCUT2D eigenvalue weighted by molar-refractivity contribution is 7.20. The van der Waals surface area contributed by atoms with Crippen LogP contribution < -0.4 is 0 Å². The predicted octanol–water partition coefficient (Wildman–Crippen LogP) is 3.46. The van der Waals surface area contributed by atoms with E-state index in [2.05, 4.69) is 10.2 Å². The molecule has 0 aliphatic heterocycles. The highest BCUT2D eigenvalue weighted by atomic mass is 32.1. The molecule has 1 amide bonds. The quantitative estimate of drug-likeness (QED) is 0.700. The van der Waals surface area contributed by atoms with E-state index in [0.29, 0.717) is 15.1 Å². The molecule has 9 heteroatoms. The van der Waals surface area contributed by atoms with Crippen molar-refractivity contribution in [3.63, 3.8) is 0 Å². The molecule has 4 rings (SSSR count). The van der Waals surface area contributed by atoms with Crippen molar-refractivity contribution in [3.8, 4) is 0 Å². The first kappa shape index (κ1) is 17.1. The van der Waals surface area contributed by atoms with E-state index >= 15 is 0 Å². The largest absolute Gasteiger partial charge is 0.334 e. The molecule has 0 aromatic carbocycles. The van der Waals surface area contributed by atoms with Gasteiger partial charge in [-0.1, -0.05) is 0 Å². The third kappa shape index (κ3) is 2.53. The van der Waals surface area contributed by atoms with Crippen LogP contribution >= 0.6 is 11.3 Å². The third-order valence-corrected chi connectivity index (χ3v) is 6.28. The average Bonchev–Trinajstić information content (AvgIpc) is 3.29. The Morgan fingerprint density at radius 1 is 1.38 bits per heavy atom. The SMILES string of the molecule is CN(C(=O)c1cc2c(C(F)F)nn(C)c2s1)C1CCCc2c1cnn2C. The summed E-state index contributed by atoms with van der Waals surface area (Å²) in [4.78, 5) is 15.8. The first-order valence-electron chi connectivity index (χ1n) is 8.41. The van der Waals surface area contributed by atoms with Gasteiger partial charge in [0.1, 0.15) is 10.5 Å². The number of aromatic nitrogens is 4. The van der Waals surface area contributed by atoms with Crippen molar-refractivity contribution in [2.75, 3.05) is 7.05 Å². The van der Waals surface area contributed by atoms with Crippen molar-refractivity contribution in [2.24, 2.45) is 14.1 Å². The predicted molar refractivity (Wildman–Crippen MR) is 94.5 cm³/mol. The summed E-state index contributed by atoms with van der Waals surface area (Å²) < 4.78 is 29.6. The second-order valence-electron chi connectivity index (χ2n) is 6.63. The number of carbonyl (C=O) groups is 1. The van der Waals surface area contributed by atoms with Gasteiger partial charge in [0, 0.05) is 37.8 Å². The second kappa shape index (κ2) is 6.15. The molecule has 1 unspecified atom stereocenters. The summed E-state index contributed by atoms with van der Waals surface area (Å²) in [7, 11) is 5.30. The number of hydrogen-bond acceptors (Lipinski definition) is 4. The van der Waals surface area contributed by atoms with Crippen LogP contribution in [-0.4, -0.2) is 37.4 Å². The van der Waals surface area contributed by atoms with Gasteiger partial charge in [0.05, 0.1) is 17.1 Å². The summed E-state index contributed by atoms with van der Waals surface area (Å²) in [5.41, 5.74) is 1.96. The lowest BCUT2D eigenvalue weighted by Gasteiger charge is -2.31. The number of thiophene rings is 1. The summed E-state index contributed by atoms with van der Waals surface area (Å²) in [5, 5.41) is 8.53. The second-order valence-corrected chi connectivity index (χ2v) is 7.66. The summed E-state index contributed by atoms with van der Waals surface area (Å²) in [6.07, 6.45) is 1.98. The van der Waals surface area contributed by atoms with Crippen molar-refractivity contribution >= 4 is 27.5 Å². The number of amides is 1. The third-order valence-electron chi connectivity index (χ3n) is 5.09. The highest BCUT2D eigenvalue weighted by Gasteiger charge is 2.31. The van der Waals surface area contributed by atoms with Crippen molar-refractivity contribution in [1.29, 1.82) is 0 Å². The van der Waals surface area contributed by atoms with Crippen molar-refractivity contribution in [2.45, 2.75) is 31.7 Å². The first-order valence-corrected chi connectivity index (χ1v) is 9.22. The van der Waals surface area contributed by atoms with E-state index in [9.17, 15) is 13.6 Å². The molecule has 1 atom stereocenters. The fourth-order valence-electron chi connectivity index (χ4n) is 3.73. The van der Waals surface area contributed by atoms with Gasteiger partial charge in [0.2, 0.25) is 0 Å². The molecule has 1 aliphatic carbocycles. The van der Waals surface area contributed by atoms with E-state index in [4.69, 9.17) is 0 Å². The Bertz CT molecular complexity index is 989. The van der Waals surface area contributed by atoms with Crippen LogP contribution in [0.15, 0.2) is 12.3 Å². The number of hydrogen-bond donors (Lipinski definition) is 0. The zero-order chi connectivity index (χ0) is 18.6. The summed E-state index contributed by atoms with van der Waals surface area (Å²) in [6.45, 7) is 0. The fourth-order valence-corrected chi connectivity index (χ4v) is 4.80. The molecule has 138 valence electrons. The maximum absolute atomic E-state index is 13.2. The summed E-state index contributed by atoms with van der Waals surface area (Å²) >= 11 is 1.20. The van der Waals surface area contributed by atoms with Gasteiger partial charge in [-0.05, 0) is 25.3 Å². The molecule has 0 N–H and O–H groups in total. The molecule has 3 aromatic rings. The van der Waals surface area contributed by atoms with Gasteiger partial charge in [-0.3, -0.25) is 14.2 Å². The molecule has 3 aromatic heterocycles. The Balaban J connectivity index is 1.68. The van der Waals surface area contributed by atoms with Gasteiger partial charge < -0.3 is 4.90 Å². The topological polar surface area (TPSA) is 56.0 Å². The molecule has 26 heavy (non-hydrogen) atoms. The summed E-state index contributed by atoms with van der Waals surface area (Å²) in [6, 6.07) is 1.50. The average molecular weight is 379 g/mol. The van der Waals surface area contributed by atoms with Crippen molar-refractivity contribution in [3.05, 3.63) is 34.1 Å². The number of halogens is 2. The molecule has 0 saturated carbocycles. The molecule has 3 heterocycles. The normalized spacial score (nSPS) is 17.1. The van der Waals surface area contributed by atoms with Gasteiger partial charge in [-0.15, -0.1) is 11.3 Å². The standard InChI is InChI=1S/C17H19F2N5OS/c1-22(11-5-4-6-12-10(11)8-20-23(12)2)16(25)13-7-9-14(15(18)19)21-24(3)17(9)26-13/h7-8,11,15H,4-6H2,1-3H3. The molecule has 0 spiro atoms. The first-order chi connectivity index (χ1) is 12.4. The number of fused-ring (bicyclic) bond motifs is 2. The molecule has 0 fully saturated rings. The Kier molecular flexibility index (Phi) is 4.06. The number of nitrogens with zero attached hydrogens (tertiary/aromatic N) is 5. The molecular formula is C17H19F2N5OS. The van der Waals surface area contributed by atoms with E-state index in [1.165, 1.54) is 16.0 Å². The maximum atomic E-state index is 13.2. The molecule has 0 saturated heterocycles. The fraction of sp³-hybridized carbons (Fsp3) is 0.471. The number of carbonyl (C=O) groups excluding carboxylic acids is 1. The van der Waals surface area contributed by atoms with Crippen LogP contribution in [0.5, 0.6) is 0 Å². The van der Waals surface area contributed by atoms with E-state index in [0.717, 1.165) is 30.5 Å². The van der Waals surface area contributed by atoms with E-state index in [-0.39, 0.29) is 17.6 Å². The number of aryl methyl sites for hydroxylation is 2. The lowest BCUT2D eigenvalue weighted by atomic mass is 9.92. The Labute approximate surface area is 153 Å². The van der Waals surface area contributed by atoms with Crippen LogP contribution in [-0.2, 0) is 20.5 Å². The van der Waals surface area contributed by atoms with Crippen LogP contribution in [0.2, 0.25) is 0 Å². The van der Waals surface area contributed by atoms with E-state index in [1.54, 1.807) is 25.1 Å². The van der Waals surface area contributed by atoms with Crippen molar-refractivity contribution in [1.82, 2.24) is 24.5 Å². The minimum atomic E-state index is -2.66. The minimum absolute atomic E-state index is 0.0437. The minimum Gasteiger partial charge on any atom is -0.334 e. The number of alkyl halides is 2. The van der Waals surface area contributed by atoms with Gasteiger partial charge in [0.25, 0.3) is 12.3 Å². The summed E-state index contributed by atoms with van der Waals surface area (Å²) in [5.74, 6) is -0.159. The smallest absolute Gasteiger partial charge is 0.282 e. The van der Waals surface area contributed by atoms with E-state index in [1.807, 2.05) is 17.9 Å². The van der Waals surface area contributed by atoms with Gasteiger partial charge in [-0.2, -0.15) is 10.2 Å². The van der Waals surface area contributed by atoms with Crippen LogP contribution in [0.3, 0.4) is 0 Å². The van der Waals surface area contributed by atoms with Crippen LogP contribution in [0, 0.1) is 0 Å². The van der Waals surface area contributed by atoms with Crippen molar-refractivity contribution < 1.29 is 13.6 Å². The zero-order valence-electron chi connectivity index (χ0n) is 14.7. The molecular weight excluding hydrogens is 360 g/mol. The van der Waals surface area contributed by atoms with Crippen LogP contribution in [0.25, 0.3) is 10.2 Å². The van der Waals surface area contributed by atoms with E-state index < -0.39 is 6.43 Å². The lowest BCUT2D eigenvalue weighted by Crippen LogP contribution is -2.32. The zero-order valence-corrected chi connectivity index (χ0v) is 15.6. The molecule has 0 bridgehead atoms. The Morgan fingerprint density at radius 3 is 2.88 bits per heavy atom. The Hall–Kier alpha value is -2.29. The maximum Gasteiger partial charge on any atom is 0.282 e. The Morgan fingerprint density at radius 2 is 2.15 bits per heavy atom. The monoisotopic (exact) mass is 379 g/mol. The van der Waals surface area contributed by atoms with Gasteiger partial charge in [-0.25, -0.2) is 8.78 Å². The molecule has 0 radical (unpaired) electrons. The number of rotatable bonds is 3. The van der Waals surface area contributed by atoms with Gasteiger partial charge >= 0.3 is 0 Å². The van der Waals surface area contributed by atoms with Crippen LogP contribution in [0.1, 0.15) is 51.9 Å². The highest BCUT2D eigenvalue weighted by Crippen LogP contribution is 2.37.